The van der Waals surface area contributed by atoms with Crippen molar-refractivity contribution >= 4 is 17.7 Å². The van der Waals surface area contributed by atoms with Gasteiger partial charge in [-0.25, -0.2) is 0 Å². The van der Waals surface area contributed by atoms with Crippen LogP contribution in [0.5, 0.6) is 0 Å². The highest BCUT2D eigenvalue weighted by atomic mass is 16.5. The first-order valence-corrected chi connectivity index (χ1v) is 7.46. The van der Waals surface area contributed by atoms with Crippen molar-refractivity contribution < 1.29 is 19.1 Å². The molecule has 21 heavy (non-hydrogen) atoms. The second-order valence-corrected chi connectivity index (χ2v) is 5.60. The summed E-state index contributed by atoms with van der Waals surface area (Å²) in [4.78, 5) is 36.8. The molecule has 2 aliphatic heterocycles. The molecule has 118 valence electrons. The molecular weight excluding hydrogens is 274 g/mol. The summed E-state index contributed by atoms with van der Waals surface area (Å²) >= 11 is 0. The number of hydrogen-bond acceptors (Lipinski definition) is 5. The van der Waals surface area contributed by atoms with Gasteiger partial charge in [0.15, 0.2) is 0 Å². The summed E-state index contributed by atoms with van der Waals surface area (Å²) in [6.07, 6.45) is 1.64. The number of likely N-dealkylation sites (N-methyl/N-ethyl adjacent to an activating group) is 1. The third-order valence-electron chi connectivity index (χ3n) is 4.04. The zero-order chi connectivity index (χ0) is 15.4. The average Bonchev–Trinajstić information content (AvgIpc) is 2.94. The second-order valence-electron chi connectivity index (χ2n) is 5.60. The summed E-state index contributed by atoms with van der Waals surface area (Å²) in [6.45, 7) is 3.76. The van der Waals surface area contributed by atoms with Crippen LogP contribution in [0.25, 0.3) is 0 Å². The fourth-order valence-corrected chi connectivity index (χ4v) is 2.67. The van der Waals surface area contributed by atoms with Gasteiger partial charge in [0.1, 0.15) is 6.04 Å². The Hall–Kier alpha value is -1.47. The average molecular weight is 297 g/mol. The molecule has 0 aromatic heterocycles. The third-order valence-corrected chi connectivity index (χ3v) is 4.04. The van der Waals surface area contributed by atoms with Crippen LogP contribution in [0.15, 0.2) is 0 Å². The first-order valence-electron chi connectivity index (χ1n) is 7.46. The first-order chi connectivity index (χ1) is 10.0. The molecule has 3 unspecified atom stereocenters. The molecule has 0 bridgehead atoms. The van der Waals surface area contributed by atoms with Crippen LogP contribution in [-0.2, 0) is 19.1 Å². The molecular formula is C14H23N3O4. The van der Waals surface area contributed by atoms with E-state index in [0.29, 0.717) is 19.6 Å². The Kier molecular flexibility index (Phi) is 5.30. The lowest BCUT2D eigenvalue weighted by Gasteiger charge is -2.29. The quantitative estimate of drug-likeness (QED) is 0.653. The number of nitrogens with zero attached hydrogens (tertiary/aromatic N) is 1. The van der Waals surface area contributed by atoms with Gasteiger partial charge in [-0.15, -0.1) is 0 Å². The van der Waals surface area contributed by atoms with Crippen molar-refractivity contribution in [3.63, 3.8) is 0 Å². The van der Waals surface area contributed by atoms with Gasteiger partial charge in [0.05, 0.1) is 19.1 Å². The van der Waals surface area contributed by atoms with Crippen LogP contribution < -0.4 is 10.6 Å². The van der Waals surface area contributed by atoms with Crippen LogP contribution in [0.1, 0.15) is 26.2 Å². The summed E-state index contributed by atoms with van der Waals surface area (Å²) in [5, 5.41) is 6.06. The molecule has 2 aliphatic rings. The molecule has 0 saturated carbocycles. The minimum Gasteiger partial charge on any atom is -0.379 e. The first kappa shape index (κ1) is 15.9. The summed E-state index contributed by atoms with van der Waals surface area (Å²) < 4.78 is 5.37. The maximum atomic E-state index is 12.3. The molecule has 2 heterocycles. The van der Waals surface area contributed by atoms with Crippen LogP contribution in [0, 0.1) is 5.92 Å². The number of likely N-dealkylation sites (tertiary alicyclic amines) is 1. The van der Waals surface area contributed by atoms with Gasteiger partial charge in [0.25, 0.3) is 5.91 Å². The maximum absolute atomic E-state index is 12.3. The molecule has 2 saturated heterocycles. The number of hydrogen-bond donors (Lipinski definition) is 2. The van der Waals surface area contributed by atoms with Crippen molar-refractivity contribution in [3.05, 3.63) is 0 Å². The van der Waals surface area contributed by atoms with E-state index in [0.717, 1.165) is 17.9 Å². The molecule has 7 nitrogen and oxygen atoms in total. The van der Waals surface area contributed by atoms with Gasteiger partial charge in [-0.1, -0.05) is 6.92 Å². The Morgan fingerprint density at radius 2 is 2.14 bits per heavy atom. The van der Waals surface area contributed by atoms with E-state index in [4.69, 9.17) is 4.74 Å². The van der Waals surface area contributed by atoms with Crippen LogP contribution in [0.4, 0.5) is 0 Å². The Morgan fingerprint density at radius 3 is 2.86 bits per heavy atom. The maximum Gasteiger partial charge on any atom is 0.251 e. The lowest BCUT2D eigenvalue weighted by molar-refractivity contribution is -0.149. The van der Waals surface area contributed by atoms with Crippen molar-refractivity contribution in [1.29, 1.82) is 0 Å². The van der Waals surface area contributed by atoms with Crippen LogP contribution in [0.3, 0.4) is 0 Å². The fourth-order valence-electron chi connectivity index (χ4n) is 2.67. The number of nitrogens with one attached hydrogen (secondary N) is 2. The zero-order valence-corrected chi connectivity index (χ0v) is 12.6. The fraction of sp³-hybridized carbons (Fsp3) is 0.786. The van der Waals surface area contributed by atoms with Gasteiger partial charge >= 0.3 is 0 Å². The van der Waals surface area contributed by atoms with Crippen LogP contribution in [0.2, 0.25) is 0 Å². The number of piperidine rings is 1. The van der Waals surface area contributed by atoms with E-state index >= 15 is 0 Å². The highest BCUT2D eigenvalue weighted by molar-refractivity contribution is 6.01. The molecule has 3 amide bonds. The number of carbonyl (C=O) groups excluding carboxylic acids is 3. The van der Waals surface area contributed by atoms with E-state index in [1.165, 1.54) is 7.05 Å². The second kappa shape index (κ2) is 7.00. The molecule has 0 aliphatic carbocycles. The highest BCUT2D eigenvalue weighted by Crippen LogP contribution is 2.17. The van der Waals surface area contributed by atoms with Gasteiger partial charge in [-0.2, -0.15) is 0 Å². The number of carbonyl (C=O) groups is 3. The highest BCUT2D eigenvalue weighted by Gasteiger charge is 2.38. The predicted octanol–water partition coefficient (Wildman–Crippen LogP) is -0.735. The normalized spacial score (nSPS) is 29.8. The van der Waals surface area contributed by atoms with Gasteiger partial charge in [0, 0.05) is 19.5 Å². The molecule has 0 spiro atoms. The van der Waals surface area contributed by atoms with E-state index in [9.17, 15) is 14.4 Å². The van der Waals surface area contributed by atoms with Crippen LogP contribution in [-0.4, -0.2) is 61.5 Å². The zero-order valence-electron chi connectivity index (χ0n) is 12.6. The van der Waals surface area contributed by atoms with Gasteiger partial charge < -0.3 is 15.4 Å². The van der Waals surface area contributed by atoms with Crippen molar-refractivity contribution in [2.24, 2.45) is 5.92 Å². The van der Waals surface area contributed by atoms with E-state index in [2.05, 4.69) is 17.6 Å². The number of imide groups is 1. The van der Waals surface area contributed by atoms with E-state index < -0.39 is 6.04 Å². The van der Waals surface area contributed by atoms with Gasteiger partial charge in [-0.05, 0) is 19.4 Å². The lowest BCUT2D eigenvalue weighted by Crippen LogP contribution is -2.55. The summed E-state index contributed by atoms with van der Waals surface area (Å²) in [5.74, 6) is -0.997. The van der Waals surface area contributed by atoms with Gasteiger partial charge in [0.2, 0.25) is 11.8 Å². The van der Waals surface area contributed by atoms with Crippen molar-refractivity contribution in [2.45, 2.75) is 38.3 Å². The molecule has 0 aromatic carbocycles. The predicted molar refractivity (Wildman–Crippen MR) is 75.3 cm³/mol. The minimum absolute atomic E-state index is 0.0111. The number of amides is 3. The molecule has 2 N–H and O–H groups in total. The Labute approximate surface area is 124 Å². The van der Waals surface area contributed by atoms with Gasteiger partial charge in [-0.3, -0.25) is 19.3 Å². The lowest BCUT2D eigenvalue weighted by atomic mass is 9.99. The SMILES string of the molecule is CCCNC1COCC1C(=O)NC1CCC(=O)N(C)C1=O. The minimum atomic E-state index is -0.604. The Bertz CT molecular complexity index is 426. The summed E-state index contributed by atoms with van der Waals surface area (Å²) in [7, 11) is 1.45. The Balaban J connectivity index is 1.91. The Morgan fingerprint density at radius 1 is 1.38 bits per heavy atom. The molecule has 0 aromatic rings. The molecule has 0 radical (unpaired) electrons. The molecule has 2 fully saturated rings. The smallest absolute Gasteiger partial charge is 0.251 e. The van der Waals surface area contributed by atoms with Crippen molar-refractivity contribution in [3.8, 4) is 0 Å². The monoisotopic (exact) mass is 297 g/mol. The largest absolute Gasteiger partial charge is 0.379 e. The van der Waals surface area contributed by atoms with Crippen molar-refractivity contribution in [1.82, 2.24) is 15.5 Å². The summed E-state index contributed by atoms with van der Waals surface area (Å²) in [6, 6.07) is -0.615. The molecule has 7 heteroatoms. The summed E-state index contributed by atoms with van der Waals surface area (Å²) in [5.41, 5.74) is 0. The number of rotatable bonds is 5. The topological polar surface area (TPSA) is 87.7 Å². The standard InChI is InChI=1S/C14H23N3O4/c1-3-6-15-11-8-21-7-9(11)13(19)16-10-4-5-12(18)17(2)14(10)20/h9-11,15H,3-8H2,1-2H3,(H,16,19). The van der Waals surface area contributed by atoms with Crippen molar-refractivity contribution in [2.75, 3.05) is 26.8 Å². The van der Waals surface area contributed by atoms with Crippen LogP contribution >= 0.6 is 0 Å². The molecule has 3 atom stereocenters. The van der Waals surface area contributed by atoms with E-state index in [-0.39, 0.29) is 36.1 Å². The van der Waals surface area contributed by atoms with E-state index in [1.807, 2.05) is 0 Å². The number of ether oxygens (including phenoxy) is 1. The van der Waals surface area contributed by atoms with E-state index in [1.54, 1.807) is 0 Å². The third kappa shape index (κ3) is 3.59. The molecule has 2 rings (SSSR count).